The number of nitrogen functional groups attached to an aromatic ring is 1. The Labute approximate surface area is 99.0 Å². The molecule has 1 saturated heterocycles. The van der Waals surface area contributed by atoms with E-state index in [9.17, 15) is 0 Å². The molecule has 0 bridgehead atoms. The van der Waals surface area contributed by atoms with Crippen molar-refractivity contribution in [3.05, 3.63) is 24.2 Å². The van der Waals surface area contributed by atoms with Gasteiger partial charge in [0, 0.05) is 25.8 Å². The van der Waals surface area contributed by atoms with Gasteiger partial charge in [-0.25, -0.2) is 9.50 Å². The van der Waals surface area contributed by atoms with Crippen LogP contribution < -0.4 is 5.73 Å². The van der Waals surface area contributed by atoms with E-state index in [1.807, 2.05) is 6.20 Å². The van der Waals surface area contributed by atoms with Crippen molar-refractivity contribution in [2.75, 3.05) is 32.0 Å². The standard InChI is InChI=1S/C11H15N5O/c12-11-10-9(1-2-16(10)14-8-13-11)7-15-3-5-17-6-4-15/h1-2,8H,3-7H2,(H2,12,13,14). The lowest BCUT2D eigenvalue weighted by Gasteiger charge is -2.26. The van der Waals surface area contributed by atoms with Crippen molar-refractivity contribution in [3.63, 3.8) is 0 Å². The number of hydrogen-bond acceptors (Lipinski definition) is 5. The van der Waals surface area contributed by atoms with Gasteiger partial charge in [0.15, 0.2) is 5.82 Å². The van der Waals surface area contributed by atoms with Gasteiger partial charge >= 0.3 is 0 Å². The summed E-state index contributed by atoms with van der Waals surface area (Å²) in [7, 11) is 0. The van der Waals surface area contributed by atoms with Crippen LogP contribution in [0, 0.1) is 0 Å². The van der Waals surface area contributed by atoms with Crippen LogP contribution in [-0.4, -0.2) is 45.8 Å². The number of nitrogens with two attached hydrogens (primary N) is 1. The van der Waals surface area contributed by atoms with Crippen LogP contribution in [0.25, 0.3) is 5.52 Å². The fraction of sp³-hybridized carbons (Fsp3) is 0.455. The minimum absolute atomic E-state index is 0.535. The number of fused-ring (bicyclic) bond motifs is 1. The van der Waals surface area contributed by atoms with Crippen LogP contribution in [0.1, 0.15) is 5.56 Å². The quantitative estimate of drug-likeness (QED) is 0.799. The lowest BCUT2D eigenvalue weighted by molar-refractivity contribution is 0.0344. The highest BCUT2D eigenvalue weighted by Crippen LogP contribution is 2.18. The Hall–Kier alpha value is -1.66. The molecule has 1 fully saturated rings. The van der Waals surface area contributed by atoms with E-state index in [1.54, 1.807) is 4.52 Å². The van der Waals surface area contributed by atoms with E-state index in [0.29, 0.717) is 5.82 Å². The van der Waals surface area contributed by atoms with Gasteiger partial charge in [0.25, 0.3) is 0 Å². The second-order valence-corrected chi connectivity index (χ2v) is 4.17. The summed E-state index contributed by atoms with van der Waals surface area (Å²) in [6, 6.07) is 2.05. The van der Waals surface area contributed by atoms with Crippen molar-refractivity contribution in [2.24, 2.45) is 0 Å². The molecule has 0 radical (unpaired) electrons. The molecular formula is C11H15N5O. The van der Waals surface area contributed by atoms with Crippen molar-refractivity contribution >= 4 is 11.3 Å². The molecule has 0 spiro atoms. The Morgan fingerprint density at radius 2 is 2.18 bits per heavy atom. The number of anilines is 1. The predicted octanol–water partition coefficient (Wildman–Crippen LogP) is 0.144. The van der Waals surface area contributed by atoms with Gasteiger partial charge in [-0.2, -0.15) is 5.10 Å². The summed E-state index contributed by atoms with van der Waals surface area (Å²) in [5.74, 6) is 0.535. The first-order chi connectivity index (χ1) is 8.34. The molecular weight excluding hydrogens is 218 g/mol. The Kier molecular flexibility index (Phi) is 2.66. The van der Waals surface area contributed by atoms with Crippen LogP contribution >= 0.6 is 0 Å². The highest BCUT2D eigenvalue weighted by molar-refractivity contribution is 5.69. The maximum Gasteiger partial charge on any atom is 0.151 e. The predicted molar refractivity (Wildman–Crippen MR) is 63.5 cm³/mol. The Morgan fingerprint density at radius 3 is 3.00 bits per heavy atom. The van der Waals surface area contributed by atoms with Crippen LogP contribution in [0.4, 0.5) is 5.82 Å². The molecule has 6 nitrogen and oxygen atoms in total. The Morgan fingerprint density at radius 1 is 1.35 bits per heavy atom. The first kappa shape index (κ1) is 10.5. The lowest BCUT2D eigenvalue weighted by atomic mass is 10.2. The van der Waals surface area contributed by atoms with E-state index in [-0.39, 0.29) is 0 Å². The molecule has 6 heteroatoms. The molecule has 3 rings (SSSR count). The summed E-state index contributed by atoms with van der Waals surface area (Å²) in [6.45, 7) is 4.41. The zero-order valence-electron chi connectivity index (χ0n) is 9.54. The van der Waals surface area contributed by atoms with Crippen molar-refractivity contribution < 1.29 is 4.74 Å². The van der Waals surface area contributed by atoms with E-state index in [2.05, 4.69) is 21.0 Å². The second kappa shape index (κ2) is 4.31. The Balaban J connectivity index is 1.89. The molecule has 90 valence electrons. The van der Waals surface area contributed by atoms with E-state index in [4.69, 9.17) is 10.5 Å². The molecule has 1 aliphatic rings. The molecule has 2 aromatic rings. The third-order valence-electron chi connectivity index (χ3n) is 3.06. The van der Waals surface area contributed by atoms with Crippen molar-refractivity contribution in [1.82, 2.24) is 19.5 Å². The lowest BCUT2D eigenvalue weighted by Crippen LogP contribution is -2.35. The molecule has 0 amide bonds. The smallest absolute Gasteiger partial charge is 0.151 e. The van der Waals surface area contributed by atoms with Gasteiger partial charge in [-0.3, -0.25) is 4.90 Å². The maximum absolute atomic E-state index is 5.89. The van der Waals surface area contributed by atoms with E-state index in [0.717, 1.165) is 38.4 Å². The highest BCUT2D eigenvalue weighted by Gasteiger charge is 2.14. The molecule has 0 aliphatic carbocycles. The number of ether oxygens (including phenoxy) is 1. The van der Waals surface area contributed by atoms with Crippen LogP contribution in [0.3, 0.4) is 0 Å². The summed E-state index contributed by atoms with van der Waals surface area (Å²) in [5.41, 5.74) is 7.98. The minimum atomic E-state index is 0.535. The van der Waals surface area contributed by atoms with Gasteiger partial charge in [0.2, 0.25) is 0 Å². The number of aromatic nitrogens is 3. The zero-order valence-corrected chi connectivity index (χ0v) is 9.54. The Bertz CT molecular complexity index is 518. The van der Waals surface area contributed by atoms with Crippen LogP contribution in [0.5, 0.6) is 0 Å². The molecule has 0 unspecified atom stereocenters. The first-order valence-electron chi connectivity index (χ1n) is 5.71. The third kappa shape index (κ3) is 1.96. The van der Waals surface area contributed by atoms with Crippen LogP contribution in [0.2, 0.25) is 0 Å². The number of hydrogen-bond donors (Lipinski definition) is 1. The highest BCUT2D eigenvalue weighted by atomic mass is 16.5. The fourth-order valence-electron chi connectivity index (χ4n) is 2.17. The van der Waals surface area contributed by atoms with Gasteiger partial charge in [0.1, 0.15) is 11.8 Å². The maximum atomic E-state index is 5.89. The first-order valence-corrected chi connectivity index (χ1v) is 5.71. The average molecular weight is 233 g/mol. The molecule has 1 aliphatic heterocycles. The largest absolute Gasteiger partial charge is 0.382 e. The molecule has 0 saturated carbocycles. The molecule has 2 aromatic heterocycles. The molecule has 17 heavy (non-hydrogen) atoms. The number of nitrogens with zero attached hydrogens (tertiary/aromatic N) is 4. The van der Waals surface area contributed by atoms with Crippen molar-refractivity contribution in [1.29, 1.82) is 0 Å². The molecule has 3 heterocycles. The van der Waals surface area contributed by atoms with Crippen LogP contribution in [-0.2, 0) is 11.3 Å². The van der Waals surface area contributed by atoms with Gasteiger partial charge in [-0.15, -0.1) is 0 Å². The summed E-state index contributed by atoms with van der Waals surface area (Å²) < 4.78 is 7.11. The van der Waals surface area contributed by atoms with E-state index < -0.39 is 0 Å². The SMILES string of the molecule is Nc1ncnn2ccc(CN3CCOCC3)c12. The summed E-state index contributed by atoms with van der Waals surface area (Å²) >= 11 is 0. The molecule has 0 atom stereocenters. The van der Waals surface area contributed by atoms with Gasteiger partial charge in [-0.05, 0) is 11.6 Å². The number of rotatable bonds is 2. The summed E-state index contributed by atoms with van der Waals surface area (Å²) in [6.07, 6.45) is 3.39. The fourth-order valence-corrected chi connectivity index (χ4v) is 2.17. The van der Waals surface area contributed by atoms with Gasteiger partial charge < -0.3 is 10.5 Å². The van der Waals surface area contributed by atoms with Crippen molar-refractivity contribution in [3.8, 4) is 0 Å². The van der Waals surface area contributed by atoms with Gasteiger partial charge in [-0.1, -0.05) is 0 Å². The minimum Gasteiger partial charge on any atom is -0.382 e. The van der Waals surface area contributed by atoms with E-state index in [1.165, 1.54) is 11.9 Å². The van der Waals surface area contributed by atoms with Gasteiger partial charge in [0.05, 0.1) is 13.2 Å². The average Bonchev–Trinajstić information content (AvgIpc) is 2.75. The second-order valence-electron chi connectivity index (χ2n) is 4.17. The number of morpholine rings is 1. The zero-order chi connectivity index (χ0) is 11.7. The summed E-state index contributed by atoms with van der Waals surface area (Å²) in [4.78, 5) is 6.39. The topological polar surface area (TPSA) is 68.7 Å². The monoisotopic (exact) mass is 233 g/mol. The summed E-state index contributed by atoms with van der Waals surface area (Å²) in [5, 5.41) is 4.14. The van der Waals surface area contributed by atoms with E-state index >= 15 is 0 Å². The molecule has 0 aromatic carbocycles. The van der Waals surface area contributed by atoms with Crippen molar-refractivity contribution in [2.45, 2.75) is 6.54 Å². The van der Waals surface area contributed by atoms with Crippen LogP contribution in [0.15, 0.2) is 18.6 Å². The molecule has 2 N–H and O–H groups in total. The third-order valence-corrected chi connectivity index (χ3v) is 3.06. The normalized spacial score (nSPS) is 17.6.